The molecule has 3 nitrogen and oxygen atoms in total. The standard InChI is InChI=1S/C18H24O3/c1-11-8-17(3)15-12(2)18(11,9-19)10-20-16(15)13-6-4-5-7-14(13)21-17/h4-7,11-12,15-16,19H,8-10H2,1-3H3/t11-,12-,15+,16+,17-,18+/m0/s1. The molecule has 2 fully saturated rings. The van der Waals surface area contributed by atoms with E-state index in [0.29, 0.717) is 24.4 Å². The lowest BCUT2D eigenvalue weighted by Gasteiger charge is -2.63. The van der Waals surface area contributed by atoms with Gasteiger partial charge in [-0.15, -0.1) is 0 Å². The highest BCUT2D eigenvalue weighted by molar-refractivity contribution is 5.40. The van der Waals surface area contributed by atoms with Gasteiger partial charge in [0.05, 0.1) is 19.3 Å². The molecule has 0 amide bonds. The first-order valence-electron chi connectivity index (χ1n) is 8.02. The largest absolute Gasteiger partial charge is 0.487 e. The topological polar surface area (TPSA) is 38.7 Å². The molecule has 1 aliphatic carbocycles. The van der Waals surface area contributed by atoms with Crippen LogP contribution >= 0.6 is 0 Å². The highest BCUT2D eigenvalue weighted by atomic mass is 16.5. The average molecular weight is 288 g/mol. The second kappa shape index (κ2) is 4.23. The zero-order valence-electron chi connectivity index (χ0n) is 13.0. The van der Waals surface area contributed by atoms with Crippen molar-refractivity contribution in [2.45, 2.75) is 38.9 Å². The fourth-order valence-electron chi connectivity index (χ4n) is 5.29. The molecule has 2 bridgehead atoms. The van der Waals surface area contributed by atoms with Crippen LogP contribution in [0.25, 0.3) is 0 Å². The Hall–Kier alpha value is -1.06. The van der Waals surface area contributed by atoms with Crippen molar-refractivity contribution >= 4 is 0 Å². The first kappa shape index (κ1) is 13.6. The minimum atomic E-state index is -0.197. The van der Waals surface area contributed by atoms with E-state index in [4.69, 9.17) is 9.47 Å². The van der Waals surface area contributed by atoms with Crippen LogP contribution in [0, 0.1) is 23.2 Å². The van der Waals surface area contributed by atoms with E-state index in [-0.39, 0.29) is 23.7 Å². The zero-order chi connectivity index (χ0) is 14.8. The molecular weight excluding hydrogens is 264 g/mol. The van der Waals surface area contributed by atoms with E-state index in [9.17, 15) is 5.11 Å². The van der Waals surface area contributed by atoms with Gasteiger partial charge in [0.25, 0.3) is 0 Å². The van der Waals surface area contributed by atoms with Gasteiger partial charge in [0, 0.05) is 16.9 Å². The molecule has 3 aliphatic rings. The summed E-state index contributed by atoms with van der Waals surface area (Å²) in [7, 11) is 0. The van der Waals surface area contributed by atoms with Gasteiger partial charge < -0.3 is 14.6 Å². The van der Waals surface area contributed by atoms with Crippen molar-refractivity contribution in [3.05, 3.63) is 29.8 Å². The molecule has 0 unspecified atom stereocenters. The van der Waals surface area contributed by atoms with Crippen molar-refractivity contribution in [1.29, 1.82) is 0 Å². The number of aliphatic hydroxyl groups is 1. The van der Waals surface area contributed by atoms with Crippen LogP contribution in [-0.4, -0.2) is 23.9 Å². The minimum Gasteiger partial charge on any atom is -0.487 e. The second-order valence-electron chi connectivity index (χ2n) is 7.50. The predicted octanol–water partition coefficient (Wildman–Crippen LogP) is 3.18. The molecule has 0 aromatic heterocycles. The number of para-hydroxylation sites is 1. The summed E-state index contributed by atoms with van der Waals surface area (Å²) in [5.74, 6) is 2.07. The predicted molar refractivity (Wildman–Crippen MR) is 80.1 cm³/mol. The molecule has 2 heterocycles. The zero-order valence-corrected chi connectivity index (χ0v) is 13.0. The highest BCUT2D eigenvalue weighted by Gasteiger charge is 2.64. The van der Waals surface area contributed by atoms with Crippen LogP contribution < -0.4 is 4.74 Å². The average Bonchev–Trinajstić information content (AvgIpc) is 2.46. The van der Waals surface area contributed by atoms with Crippen molar-refractivity contribution < 1.29 is 14.6 Å². The molecule has 6 atom stereocenters. The summed E-state index contributed by atoms with van der Waals surface area (Å²) < 4.78 is 12.7. The van der Waals surface area contributed by atoms with Gasteiger partial charge in [-0.05, 0) is 31.2 Å². The van der Waals surface area contributed by atoms with Crippen molar-refractivity contribution in [2.24, 2.45) is 23.2 Å². The molecule has 3 heteroatoms. The Kier molecular flexibility index (Phi) is 2.74. The Bertz CT molecular complexity index is 571. The van der Waals surface area contributed by atoms with Crippen LogP contribution in [0.4, 0.5) is 0 Å². The minimum absolute atomic E-state index is 0.0992. The maximum atomic E-state index is 10.1. The fraction of sp³-hybridized carbons (Fsp3) is 0.667. The molecule has 114 valence electrons. The van der Waals surface area contributed by atoms with E-state index in [1.54, 1.807) is 0 Å². The summed E-state index contributed by atoms with van der Waals surface area (Å²) in [5.41, 5.74) is 0.862. The normalized spacial score (nSPS) is 47.4. The molecule has 4 rings (SSSR count). The van der Waals surface area contributed by atoms with Crippen LogP contribution in [0.2, 0.25) is 0 Å². The third-order valence-corrected chi connectivity index (χ3v) is 6.56. The van der Waals surface area contributed by atoms with Gasteiger partial charge >= 0.3 is 0 Å². The van der Waals surface area contributed by atoms with Crippen molar-refractivity contribution in [3.8, 4) is 5.75 Å². The van der Waals surface area contributed by atoms with Gasteiger partial charge in [-0.2, -0.15) is 0 Å². The molecule has 1 aromatic carbocycles. The van der Waals surface area contributed by atoms with Gasteiger partial charge in [-0.1, -0.05) is 32.0 Å². The molecule has 0 spiro atoms. The number of aliphatic hydroxyl groups excluding tert-OH is 1. The number of fused-ring (bicyclic) bond motifs is 3. The number of benzene rings is 1. The fourth-order valence-corrected chi connectivity index (χ4v) is 5.29. The van der Waals surface area contributed by atoms with Crippen LogP contribution in [0.1, 0.15) is 38.9 Å². The SMILES string of the molecule is C[C@H]1C[C@]2(C)Oc3ccccc3[C@H]3OC[C@@]1(CO)[C@@H](C)[C@H]32. The van der Waals surface area contributed by atoms with Gasteiger partial charge in [0.15, 0.2) is 0 Å². The first-order chi connectivity index (χ1) is 10.0. The van der Waals surface area contributed by atoms with Crippen LogP contribution in [0.3, 0.4) is 0 Å². The molecular formula is C18H24O3. The lowest BCUT2D eigenvalue weighted by Crippen LogP contribution is -2.65. The smallest absolute Gasteiger partial charge is 0.125 e. The van der Waals surface area contributed by atoms with E-state index < -0.39 is 0 Å². The summed E-state index contributed by atoms with van der Waals surface area (Å²) in [5, 5.41) is 10.1. The summed E-state index contributed by atoms with van der Waals surface area (Å²) >= 11 is 0. The maximum absolute atomic E-state index is 10.1. The number of hydrogen-bond donors (Lipinski definition) is 1. The summed E-state index contributed by atoms with van der Waals surface area (Å²) in [4.78, 5) is 0. The van der Waals surface area contributed by atoms with E-state index in [0.717, 1.165) is 12.2 Å². The highest BCUT2D eigenvalue weighted by Crippen LogP contribution is 2.63. The quantitative estimate of drug-likeness (QED) is 0.862. The Labute approximate surface area is 126 Å². The summed E-state index contributed by atoms with van der Waals surface area (Å²) in [6.45, 7) is 7.60. The number of hydrogen-bond acceptors (Lipinski definition) is 3. The van der Waals surface area contributed by atoms with E-state index in [2.05, 4.69) is 39.0 Å². The molecule has 21 heavy (non-hydrogen) atoms. The van der Waals surface area contributed by atoms with E-state index >= 15 is 0 Å². The monoisotopic (exact) mass is 288 g/mol. The number of rotatable bonds is 1. The third kappa shape index (κ3) is 1.56. The first-order valence-corrected chi connectivity index (χ1v) is 8.02. The Morgan fingerprint density at radius 3 is 2.81 bits per heavy atom. The molecule has 2 aliphatic heterocycles. The van der Waals surface area contributed by atoms with Crippen LogP contribution in [0.15, 0.2) is 24.3 Å². The summed E-state index contributed by atoms with van der Waals surface area (Å²) in [6, 6.07) is 8.26. The van der Waals surface area contributed by atoms with Crippen molar-refractivity contribution in [1.82, 2.24) is 0 Å². The lowest BCUT2D eigenvalue weighted by atomic mass is 9.50. The van der Waals surface area contributed by atoms with Crippen LogP contribution in [0.5, 0.6) is 5.75 Å². The second-order valence-corrected chi connectivity index (χ2v) is 7.50. The van der Waals surface area contributed by atoms with Crippen LogP contribution in [-0.2, 0) is 4.74 Å². The van der Waals surface area contributed by atoms with Gasteiger partial charge in [0.1, 0.15) is 11.4 Å². The van der Waals surface area contributed by atoms with Gasteiger partial charge in [-0.25, -0.2) is 0 Å². The molecule has 1 aromatic rings. The Balaban J connectivity index is 1.87. The number of ether oxygens (including phenoxy) is 2. The third-order valence-electron chi connectivity index (χ3n) is 6.56. The Morgan fingerprint density at radius 2 is 2.05 bits per heavy atom. The van der Waals surface area contributed by atoms with E-state index in [1.165, 1.54) is 5.56 Å². The van der Waals surface area contributed by atoms with E-state index in [1.807, 2.05) is 6.07 Å². The van der Waals surface area contributed by atoms with Crippen molar-refractivity contribution in [3.63, 3.8) is 0 Å². The van der Waals surface area contributed by atoms with Gasteiger partial charge in [-0.3, -0.25) is 0 Å². The molecule has 1 saturated heterocycles. The van der Waals surface area contributed by atoms with Crippen molar-refractivity contribution in [2.75, 3.05) is 13.2 Å². The lowest BCUT2D eigenvalue weighted by molar-refractivity contribution is -0.260. The summed E-state index contributed by atoms with van der Waals surface area (Å²) in [6.07, 6.45) is 1.08. The van der Waals surface area contributed by atoms with Gasteiger partial charge in [0.2, 0.25) is 0 Å². The maximum Gasteiger partial charge on any atom is 0.125 e. The molecule has 1 N–H and O–H groups in total. The Morgan fingerprint density at radius 1 is 1.29 bits per heavy atom. The molecule has 0 radical (unpaired) electrons. The molecule has 1 saturated carbocycles.